The van der Waals surface area contributed by atoms with Gasteiger partial charge < -0.3 is 14.7 Å². The first-order valence-corrected chi connectivity index (χ1v) is 16.0. The number of sulfonamides is 1. The Morgan fingerprint density at radius 2 is 1.80 bits per heavy atom. The van der Waals surface area contributed by atoms with Gasteiger partial charge >= 0.3 is 5.97 Å². The maximum Gasteiger partial charge on any atom is 0.344 e. The molecule has 1 aliphatic heterocycles. The van der Waals surface area contributed by atoms with E-state index in [-0.39, 0.29) is 28.9 Å². The van der Waals surface area contributed by atoms with Gasteiger partial charge in [0, 0.05) is 43.1 Å². The van der Waals surface area contributed by atoms with Crippen LogP contribution in [0.5, 0.6) is 5.75 Å². The van der Waals surface area contributed by atoms with Crippen molar-refractivity contribution in [2.75, 3.05) is 25.1 Å². The van der Waals surface area contributed by atoms with E-state index in [1.807, 2.05) is 35.2 Å². The standard InChI is InChI=1S/C29H35F3N2O5S2/c1-27(30,26(35)36)18-39-23-14-25-22(13-24(23)40-21-15-29(16-21)11-12-29)34(19-7-5-4-6-8-19)17-20(9-10-28(2,31)32)33(3)41(25,37)38/h4-8,13-14,20-21H,9-12,15-18H2,1-3H3,(H,35,36)/t20-,27-/m1/s1. The van der Waals surface area contributed by atoms with E-state index in [0.29, 0.717) is 21.7 Å². The molecular formula is C29H35F3N2O5S2. The third kappa shape index (κ3) is 6.34. The van der Waals surface area contributed by atoms with Gasteiger partial charge in [0.2, 0.25) is 21.6 Å². The molecule has 0 saturated heterocycles. The van der Waals surface area contributed by atoms with Crippen LogP contribution in [0.15, 0.2) is 52.3 Å². The van der Waals surface area contributed by atoms with Gasteiger partial charge in [0.15, 0.2) is 0 Å². The van der Waals surface area contributed by atoms with Crippen molar-refractivity contribution in [1.29, 1.82) is 0 Å². The minimum atomic E-state index is -4.21. The average molecular weight is 613 g/mol. The van der Waals surface area contributed by atoms with Crippen molar-refractivity contribution in [3.05, 3.63) is 42.5 Å². The van der Waals surface area contributed by atoms with Crippen molar-refractivity contribution in [3.8, 4) is 5.75 Å². The molecule has 1 N–H and O–H groups in total. The van der Waals surface area contributed by atoms with Crippen molar-refractivity contribution in [2.24, 2.45) is 5.41 Å². The van der Waals surface area contributed by atoms with Crippen LogP contribution in [0.4, 0.5) is 24.5 Å². The molecule has 1 heterocycles. The van der Waals surface area contributed by atoms with E-state index < -0.39 is 46.7 Å². The van der Waals surface area contributed by atoms with E-state index in [1.165, 1.54) is 37.7 Å². The zero-order valence-corrected chi connectivity index (χ0v) is 24.9. The number of halogens is 3. The summed E-state index contributed by atoms with van der Waals surface area (Å²) in [6, 6.07) is 11.4. The molecule has 2 aliphatic carbocycles. The Bertz CT molecular complexity index is 1400. The van der Waals surface area contributed by atoms with Gasteiger partial charge in [-0.2, -0.15) is 4.31 Å². The number of nitrogens with zero attached hydrogens (tertiary/aromatic N) is 2. The van der Waals surface area contributed by atoms with Crippen molar-refractivity contribution in [3.63, 3.8) is 0 Å². The maximum atomic E-state index is 14.7. The molecule has 2 aromatic carbocycles. The molecule has 5 rings (SSSR count). The summed E-state index contributed by atoms with van der Waals surface area (Å²) in [6.07, 6.45) is 3.87. The molecule has 2 fully saturated rings. The number of para-hydroxylation sites is 1. The number of hydrogen-bond acceptors (Lipinski definition) is 6. The first-order chi connectivity index (χ1) is 19.1. The molecule has 2 aromatic rings. The highest BCUT2D eigenvalue weighted by molar-refractivity contribution is 8.00. The normalized spacial score (nSPS) is 23.3. The van der Waals surface area contributed by atoms with Gasteiger partial charge in [0.1, 0.15) is 17.3 Å². The van der Waals surface area contributed by atoms with Crippen molar-refractivity contribution >= 4 is 39.1 Å². The second-order valence-corrected chi connectivity index (χ2v) is 15.2. The van der Waals surface area contributed by atoms with E-state index in [0.717, 1.165) is 31.0 Å². The third-order valence-electron chi connectivity index (χ3n) is 8.38. The molecule has 0 amide bonds. The minimum absolute atomic E-state index is 0.0650. The summed E-state index contributed by atoms with van der Waals surface area (Å²) in [4.78, 5) is 13.7. The van der Waals surface area contributed by atoms with Crippen LogP contribution in [-0.2, 0) is 14.8 Å². The lowest BCUT2D eigenvalue weighted by molar-refractivity contribution is -0.151. The third-order valence-corrected chi connectivity index (χ3v) is 11.6. The molecular weight excluding hydrogens is 577 g/mol. The fourth-order valence-electron chi connectivity index (χ4n) is 5.50. The summed E-state index contributed by atoms with van der Waals surface area (Å²) < 4.78 is 77.2. The van der Waals surface area contributed by atoms with Gasteiger partial charge in [-0.25, -0.2) is 26.4 Å². The largest absolute Gasteiger partial charge is 0.488 e. The second-order valence-electron chi connectivity index (χ2n) is 11.9. The van der Waals surface area contributed by atoms with Crippen LogP contribution >= 0.6 is 11.8 Å². The Kier molecular flexibility index (Phi) is 7.82. The maximum absolute atomic E-state index is 14.7. The fourth-order valence-corrected chi connectivity index (χ4v) is 8.71. The number of hydrogen-bond donors (Lipinski definition) is 1. The number of carboxylic acids is 1. The average Bonchev–Trinajstić information content (AvgIpc) is 3.68. The summed E-state index contributed by atoms with van der Waals surface area (Å²) in [7, 11) is -2.83. The number of carboxylic acid groups (broad SMARTS) is 1. The fraction of sp³-hybridized carbons (Fsp3) is 0.552. The van der Waals surface area contributed by atoms with E-state index in [2.05, 4.69) is 0 Å². The monoisotopic (exact) mass is 612 g/mol. The Balaban J connectivity index is 1.60. The number of benzene rings is 2. The molecule has 3 aliphatic rings. The van der Waals surface area contributed by atoms with Gasteiger partial charge in [-0.15, -0.1) is 11.8 Å². The van der Waals surface area contributed by atoms with E-state index in [9.17, 15) is 31.5 Å². The van der Waals surface area contributed by atoms with Crippen LogP contribution in [0.25, 0.3) is 0 Å². The van der Waals surface area contributed by atoms with Crippen LogP contribution < -0.4 is 9.64 Å². The molecule has 224 valence electrons. The van der Waals surface area contributed by atoms with Crippen LogP contribution in [0, 0.1) is 5.41 Å². The number of aliphatic carboxylic acids is 1. The highest BCUT2D eigenvalue weighted by Gasteiger charge is 2.53. The lowest BCUT2D eigenvalue weighted by atomic mass is 9.81. The molecule has 12 heteroatoms. The van der Waals surface area contributed by atoms with Crippen molar-refractivity contribution in [2.45, 2.75) is 85.0 Å². The number of fused-ring (bicyclic) bond motifs is 1. The molecule has 41 heavy (non-hydrogen) atoms. The lowest BCUT2D eigenvalue weighted by Gasteiger charge is -2.36. The number of anilines is 2. The first kappa shape index (κ1) is 30.0. The molecule has 2 atom stereocenters. The molecule has 2 saturated carbocycles. The van der Waals surface area contributed by atoms with E-state index in [4.69, 9.17) is 4.74 Å². The van der Waals surface area contributed by atoms with Crippen molar-refractivity contribution < 1.29 is 36.2 Å². The number of alkyl halides is 3. The van der Waals surface area contributed by atoms with Crippen LogP contribution in [0.3, 0.4) is 0 Å². The SMILES string of the molecule is CN1[C@H](CCC(C)(F)F)CN(c2ccccc2)c2cc(SC3CC4(CC4)C3)c(OC[C@@](C)(F)C(=O)O)cc2S1(=O)=O. The van der Waals surface area contributed by atoms with Gasteiger partial charge in [-0.05, 0) is 69.6 Å². The zero-order valence-electron chi connectivity index (χ0n) is 23.3. The summed E-state index contributed by atoms with van der Waals surface area (Å²) >= 11 is 1.52. The highest BCUT2D eigenvalue weighted by Crippen LogP contribution is 2.64. The van der Waals surface area contributed by atoms with Gasteiger partial charge in [0.25, 0.3) is 0 Å². The summed E-state index contributed by atoms with van der Waals surface area (Å²) in [5.74, 6) is -4.56. The Hall–Kier alpha value is -2.44. The lowest BCUT2D eigenvalue weighted by Crippen LogP contribution is -2.41. The molecule has 0 bridgehead atoms. The van der Waals surface area contributed by atoms with Crippen LogP contribution in [0.2, 0.25) is 0 Å². The predicted molar refractivity (Wildman–Crippen MR) is 152 cm³/mol. The van der Waals surface area contributed by atoms with Crippen molar-refractivity contribution in [1.82, 2.24) is 4.31 Å². The number of carbonyl (C=O) groups is 1. The second kappa shape index (κ2) is 10.7. The van der Waals surface area contributed by atoms with Crippen LogP contribution in [0.1, 0.15) is 52.4 Å². The molecule has 7 nitrogen and oxygen atoms in total. The quantitative estimate of drug-likeness (QED) is 0.328. The minimum Gasteiger partial charge on any atom is -0.488 e. The number of ether oxygens (including phenoxy) is 1. The molecule has 0 radical (unpaired) electrons. The molecule has 1 spiro atoms. The van der Waals surface area contributed by atoms with Gasteiger partial charge in [-0.1, -0.05) is 18.2 Å². The molecule has 0 aromatic heterocycles. The van der Waals surface area contributed by atoms with E-state index >= 15 is 0 Å². The van der Waals surface area contributed by atoms with E-state index in [1.54, 1.807) is 6.07 Å². The smallest absolute Gasteiger partial charge is 0.344 e. The number of rotatable bonds is 10. The Labute approximate surface area is 243 Å². The Morgan fingerprint density at radius 1 is 1.15 bits per heavy atom. The number of likely N-dealkylation sites (N-methyl/N-ethyl adjacent to an activating group) is 1. The zero-order chi connectivity index (χ0) is 29.8. The Morgan fingerprint density at radius 3 is 2.39 bits per heavy atom. The number of thioether (sulfide) groups is 1. The molecule has 0 unspecified atom stereocenters. The first-order valence-electron chi connectivity index (χ1n) is 13.7. The van der Waals surface area contributed by atoms with Gasteiger partial charge in [0.05, 0.1) is 10.6 Å². The topological polar surface area (TPSA) is 87.2 Å². The summed E-state index contributed by atoms with van der Waals surface area (Å²) in [5, 5.41) is 9.54. The highest BCUT2D eigenvalue weighted by atomic mass is 32.2. The summed E-state index contributed by atoms with van der Waals surface area (Å²) in [6.45, 7) is 1.04. The summed E-state index contributed by atoms with van der Waals surface area (Å²) in [5.41, 5.74) is -1.22. The predicted octanol–water partition coefficient (Wildman–Crippen LogP) is 6.49. The van der Waals surface area contributed by atoms with Crippen LogP contribution in [-0.4, -0.2) is 66.9 Å². The van der Waals surface area contributed by atoms with Gasteiger partial charge in [-0.3, -0.25) is 0 Å².